The number of hydrogen-bond donors (Lipinski definition) is 3. The van der Waals surface area contributed by atoms with Crippen molar-refractivity contribution in [2.24, 2.45) is 5.10 Å². The Kier molecular flexibility index (Phi) is 4.32. The second-order valence-corrected chi connectivity index (χ2v) is 6.44. The third-order valence-corrected chi connectivity index (χ3v) is 4.93. The Labute approximate surface area is 158 Å². The number of phenols is 1. The third kappa shape index (κ3) is 2.73. The van der Waals surface area contributed by atoms with Gasteiger partial charge >= 0.3 is 0 Å². The molecule has 0 fully saturated rings. The quantitative estimate of drug-likeness (QED) is 0.725. The Bertz CT molecular complexity index is 945. The first kappa shape index (κ1) is 17.1. The normalized spacial score (nSPS) is 21.7. The number of phenolic OH excluding ortho intramolecular Hbond substituents is 1. The number of aromatic nitrogens is 1. The number of nitrogens with zero attached hydrogens (tertiary/aromatic N) is 3. The zero-order chi connectivity index (χ0) is 19.0. The van der Waals surface area contributed by atoms with E-state index in [4.69, 9.17) is 0 Å². The van der Waals surface area contributed by atoms with Gasteiger partial charge in [-0.3, -0.25) is 5.43 Å². The van der Waals surface area contributed by atoms with Gasteiger partial charge in [0.25, 0.3) is 0 Å². The van der Waals surface area contributed by atoms with Crippen molar-refractivity contribution >= 4 is 17.6 Å². The largest absolute Gasteiger partial charge is 0.508 e. The zero-order valence-corrected chi connectivity index (χ0v) is 15.6. The van der Waals surface area contributed by atoms with Crippen LogP contribution in [0.4, 0.5) is 5.82 Å². The smallest absolute Gasteiger partial charge is 0.142 e. The molecule has 0 bridgehead atoms. The summed E-state index contributed by atoms with van der Waals surface area (Å²) >= 11 is 0. The molecule has 0 spiro atoms. The number of fused-ring (bicyclic) bond motifs is 2. The van der Waals surface area contributed by atoms with Crippen molar-refractivity contribution in [3.05, 3.63) is 71.1 Å². The number of rotatable bonds is 1. The number of likely N-dealkylation sites (N-methyl/N-ethyl adjacent to an activating group) is 1. The van der Waals surface area contributed by atoms with Crippen LogP contribution in [0.2, 0.25) is 0 Å². The molecule has 0 saturated carbocycles. The molecule has 4 heterocycles. The van der Waals surface area contributed by atoms with Gasteiger partial charge in [0.05, 0.1) is 12.3 Å². The molecule has 2 aromatic rings. The molecular weight excluding hydrogens is 338 g/mol. The van der Waals surface area contributed by atoms with E-state index in [2.05, 4.69) is 38.0 Å². The van der Waals surface area contributed by atoms with Crippen molar-refractivity contribution < 1.29 is 5.11 Å². The highest BCUT2D eigenvalue weighted by Gasteiger charge is 2.39. The summed E-state index contributed by atoms with van der Waals surface area (Å²) in [6.07, 6.45) is 5.84. The van der Waals surface area contributed by atoms with Crippen LogP contribution in [0.15, 0.2) is 65.0 Å². The molecule has 3 aliphatic heterocycles. The molecule has 5 rings (SSSR count). The molecule has 0 aliphatic carbocycles. The van der Waals surface area contributed by atoms with E-state index >= 15 is 0 Å². The molecule has 0 saturated heterocycles. The monoisotopic (exact) mass is 361 g/mol. The van der Waals surface area contributed by atoms with Crippen LogP contribution in [-0.2, 0) is 0 Å². The molecule has 3 aliphatic rings. The molecular formula is C21H23N5O. The Balaban J connectivity index is 0.000000872. The van der Waals surface area contributed by atoms with Crippen molar-refractivity contribution in [3.8, 4) is 5.75 Å². The van der Waals surface area contributed by atoms with Crippen LogP contribution in [0, 0.1) is 0 Å². The summed E-state index contributed by atoms with van der Waals surface area (Å²) in [7, 11) is 2.04. The minimum absolute atomic E-state index is 0.0163. The van der Waals surface area contributed by atoms with Crippen molar-refractivity contribution in [2.75, 3.05) is 12.4 Å². The van der Waals surface area contributed by atoms with Crippen LogP contribution in [0.3, 0.4) is 0 Å². The van der Waals surface area contributed by atoms with Gasteiger partial charge in [-0.2, -0.15) is 5.10 Å². The van der Waals surface area contributed by atoms with Gasteiger partial charge in [-0.05, 0) is 29.8 Å². The maximum Gasteiger partial charge on any atom is 0.142 e. The van der Waals surface area contributed by atoms with Crippen molar-refractivity contribution in [1.29, 1.82) is 0 Å². The molecule has 3 N–H and O–H groups in total. The minimum atomic E-state index is -0.0532. The van der Waals surface area contributed by atoms with E-state index in [1.165, 1.54) is 11.1 Å². The summed E-state index contributed by atoms with van der Waals surface area (Å²) in [5.74, 6) is 1.10. The van der Waals surface area contributed by atoms with Crippen LogP contribution in [-0.4, -0.2) is 34.4 Å². The molecule has 6 heteroatoms. The average molecular weight is 361 g/mol. The van der Waals surface area contributed by atoms with Crippen LogP contribution < -0.4 is 10.7 Å². The fourth-order valence-corrected chi connectivity index (χ4v) is 3.75. The Morgan fingerprint density at radius 1 is 1.11 bits per heavy atom. The second kappa shape index (κ2) is 6.79. The zero-order valence-electron chi connectivity index (χ0n) is 15.6. The number of aromatic hydroxyl groups is 1. The fraction of sp³-hybridized carbons (Fsp3) is 0.238. The van der Waals surface area contributed by atoms with Gasteiger partial charge in [0.2, 0.25) is 0 Å². The van der Waals surface area contributed by atoms with E-state index in [1.54, 1.807) is 18.3 Å². The number of nitrogens with one attached hydrogen (secondary N) is 2. The highest BCUT2D eigenvalue weighted by atomic mass is 16.3. The summed E-state index contributed by atoms with van der Waals surface area (Å²) in [4.78, 5) is 6.69. The highest BCUT2D eigenvalue weighted by Crippen LogP contribution is 2.45. The van der Waals surface area contributed by atoms with Gasteiger partial charge in [0.1, 0.15) is 17.7 Å². The minimum Gasteiger partial charge on any atom is -0.508 e. The number of allylic oxidation sites excluding steroid dienone is 1. The summed E-state index contributed by atoms with van der Waals surface area (Å²) in [6, 6.07) is 11.3. The SMILES string of the molecule is CC.CN1C=C2C3=C(C=NNC31)c1cccnc1NC2c1ccc(O)cc1. The van der Waals surface area contributed by atoms with Crippen molar-refractivity contribution in [2.45, 2.75) is 26.1 Å². The predicted octanol–water partition coefficient (Wildman–Crippen LogP) is 3.48. The lowest BCUT2D eigenvalue weighted by atomic mass is 9.90. The summed E-state index contributed by atoms with van der Waals surface area (Å²) in [5.41, 5.74) is 8.82. The molecule has 1 aromatic heterocycles. The predicted molar refractivity (Wildman–Crippen MR) is 108 cm³/mol. The third-order valence-electron chi connectivity index (χ3n) is 4.93. The Hall–Kier alpha value is -3.28. The van der Waals surface area contributed by atoms with Gasteiger partial charge in [0, 0.05) is 41.7 Å². The lowest BCUT2D eigenvalue weighted by Crippen LogP contribution is -2.38. The molecule has 6 nitrogen and oxygen atoms in total. The average Bonchev–Trinajstić information content (AvgIpc) is 2.98. The maximum atomic E-state index is 9.64. The molecule has 2 atom stereocenters. The number of hydrazone groups is 1. The number of pyridine rings is 1. The van der Waals surface area contributed by atoms with Gasteiger partial charge in [-0.15, -0.1) is 0 Å². The molecule has 1 aromatic carbocycles. The van der Waals surface area contributed by atoms with E-state index in [0.717, 1.165) is 22.5 Å². The van der Waals surface area contributed by atoms with E-state index in [0.29, 0.717) is 0 Å². The van der Waals surface area contributed by atoms with Crippen molar-refractivity contribution in [1.82, 2.24) is 15.3 Å². The van der Waals surface area contributed by atoms with Crippen LogP contribution in [0.25, 0.3) is 5.57 Å². The van der Waals surface area contributed by atoms with E-state index < -0.39 is 0 Å². The Morgan fingerprint density at radius 3 is 2.67 bits per heavy atom. The standard InChI is InChI=1S/C19H17N5O.C2H6/c1-24-10-15-16-14(9-21-23-19(16)24)13-3-2-8-20-18(13)22-17(15)11-4-6-12(25)7-5-11;1-2/h2-10,17,19,23,25H,1H3,(H,20,22);1-2H3. The molecule has 27 heavy (non-hydrogen) atoms. The Morgan fingerprint density at radius 2 is 1.89 bits per heavy atom. The lowest BCUT2D eigenvalue weighted by molar-refractivity contribution is 0.340. The second-order valence-electron chi connectivity index (χ2n) is 6.44. The summed E-state index contributed by atoms with van der Waals surface area (Å²) in [6.45, 7) is 4.00. The van der Waals surface area contributed by atoms with Gasteiger partial charge in [-0.1, -0.05) is 26.0 Å². The van der Waals surface area contributed by atoms with Gasteiger partial charge in [-0.25, -0.2) is 4.98 Å². The van der Waals surface area contributed by atoms with E-state index in [1.807, 2.05) is 45.3 Å². The van der Waals surface area contributed by atoms with Crippen LogP contribution in [0.5, 0.6) is 5.75 Å². The first-order valence-corrected chi connectivity index (χ1v) is 9.20. The molecule has 0 radical (unpaired) electrons. The van der Waals surface area contributed by atoms with Crippen molar-refractivity contribution in [3.63, 3.8) is 0 Å². The van der Waals surface area contributed by atoms with Gasteiger partial charge < -0.3 is 15.3 Å². The van der Waals surface area contributed by atoms with Crippen LogP contribution >= 0.6 is 0 Å². The number of benzene rings is 1. The topological polar surface area (TPSA) is 72.8 Å². The lowest BCUT2D eigenvalue weighted by Gasteiger charge is -2.26. The summed E-state index contributed by atoms with van der Waals surface area (Å²) in [5, 5.41) is 17.6. The molecule has 0 amide bonds. The first-order valence-electron chi connectivity index (χ1n) is 9.20. The number of anilines is 1. The number of hydrogen-bond acceptors (Lipinski definition) is 6. The van der Waals surface area contributed by atoms with E-state index in [9.17, 15) is 5.11 Å². The molecule has 2 unspecified atom stereocenters. The van der Waals surface area contributed by atoms with Gasteiger partial charge in [0.15, 0.2) is 0 Å². The van der Waals surface area contributed by atoms with Crippen LogP contribution in [0.1, 0.15) is 31.0 Å². The fourth-order valence-electron chi connectivity index (χ4n) is 3.75. The first-order chi connectivity index (χ1) is 13.2. The van der Waals surface area contributed by atoms with E-state index in [-0.39, 0.29) is 18.0 Å². The summed E-state index contributed by atoms with van der Waals surface area (Å²) < 4.78 is 0. The highest BCUT2D eigenvalue weighted by molar-refractivity contribution is 6.15. The maximum absolute atomic E-state index is 9.64. The molecule has 138 valence electrons.